The Labute approximate surface area is 275 Å². The third-order valence-electron chi connectivity index (χ3n) is 8.47. The van der Waals surface area contributed by atoms with Gasteiger partial charge in [0.25, 0.3) is 0 Å². The third-order valence-corrected chi connectivity index (χ3v) is 8.47. The number of nitrogens with zero attached hydrogens (tertiary/aromatic N) is 2. The van der Waals surface area contributed by atoms with Crippen molar-refractivity contribution in [3.05, 3.63) is 82.8 Å². The molecule has 1 unspecified atom stereocenters. The second kappa shape index (κ2) is 20.0. The lowest BCUT2D eigenvalue weighted by atomic mass is 9.81. The molecule has 3 rings (SSSR count). The van der Waals surface area contributed by atoms with E-state index in [2.05, 4.69) is 13.0 Å². The number of nitrogens with two attached hydrogens (primary N) is 1. The Hall–Kier alpha value is -4.25. The lowest BCUT2D eigenvalue weighted by Gasteiger charge is -2.35. The largest absolute Gasteiger partial charge is 0.494 e. The first-order valence-corrected chi connectivity index (χ1v) is 16.9. The summed E-state index contributed by atoms with van der Waals surface area (Å²) >= 11 is 0. The number of hydrogen-bond donors (Lipinski definition) is 1. The number of nitriles is 1. The molecule has 0 amide bonds. The molecule has 2 aromatic rings. The molecule has 8 heteroatoms. The monoisotopic (exact) mass is 629 g/mol. The van der Waals surface area contributed by atoms with E-state index in [0.29, 0.717) is 23.6 Å². The normalized spacial score (nSPS) is 14.7. The standard InChI is InChI=1S/C38H51N3O5/c1-4-5-6-7-8-9-10-11-12-13-14-15-16-20-27-46-31-25-23-30(24-26-31)41-35(38(43)45-3)34(37(42)44-2)33(32(28-39)36(41)40)29-21-18-17-19-22-29/h17-19,21-26,33H,4-16,20,27,40H2,1-3H3. The van der Waals surface area contributed by atoms with Crippen LogP contribution in [0, 0.1) is 11.3 Å². The topological polar surface area (TPSA) is 115 Å². The quantitative estimate of drug-likeness (QED) is 0.115. The zero-order valence-electron chi connectivity index (χ0n) is 27.9. The molecule has 1 atom stereocenters. The van der Waals surface area contributed by atoms with Crippen LogP contribution in [0.3, 0.4) is 0 Å². The molecule has 0 fully saturated rings. The molecule has 8 nitrogen and oxygen atoms in total. The van der Waals surface area contributed by atoms with Crippen LogP contribution in [0.2, 0.25) is 0 Å². The van der Waals surface area contributed by atoms with Gasteiger partial charge in [0.05, 0.1) is 44.0 Å². The molecular formula is C38H51N3O5. The minimum absolute atomic E-state index is 0.0237. The van der Waals surface area contributed by atoms with E-state index in [0.717, 1.165) is 12.8 Å². The lowest BCUT2D eigenvalue weighted by molar-refractivity contribution is -0.139. The summed E-state index contributed by atoms with van der Waals surface area (Å²) in [6, 6.07) is 18.2. The second-order valence-electron chi connectivity index (χ2n) is 11.8. The van der Waals surface area contributed by atoms with Gasteiger partial charge in [0, 0.05) is 5.69 Å². The number of rotatable bonds is 20. The van der Waals surface area contributed by atoms with Crippen LogP contribution in [0.1, 0.15) is 108 Å². The molecule has 0 radical (unpaired) electrons. The Morgan fingerprint density at radius 3 is 1.78 bits per heavy atom. The fourth-order valence-electron chi connectivity index (χ4n) is 5.96. The van der Waals surface area contributed by atoms with Gasteiger partial charge >= 0.3 is 11.9 Å². The molecule has 1 aliphatic heterocycles. The predicted octanol–water partition coefficient (Wildman–Crippen LogP) is 8.44. The van der Waals surface area contributed by atoms with Crippen LogP contribution < -0.4 is 15.4 Å². The van der Waals surface area contributed by atoms with E-state index in [4.69, 9.17) is 19.9 Å². The van der Waals surface area contributed by atoms with Gasteiger partial charge in [0.1, 0.15) is 17.3 Å². The zero-order chi connectivity index (χ0) is 33.1. The van der Waals surface area contributed by atoms with Crippen molar-refractivity contribution in [1.29, 1.82) is 5.26 Å². The number of ether oxygens (including phenoxy) is 3. The summed E-state index contributed by atoms with van der Waals surface area (Å²) in [5.74, 6) is -1.73. The minimum Gasteiger partial charge on any atom is -0.494 e. The number of esters is 2. The van der Waals surface area contributed by atoms with Crippen LogP contribution in [0.4, 0.5) is 5.69 Å². The lowest BCUT2D eigenvalue weighted by Crippen LogP contribution is -2.40. The van der Waals surface area contributed by atoms with Crippen LogP contribution in [-0.4, -0.2) is 32.8 Å². The number of carbonyl (C=O) groups is 2. The van der Waals surface area contributed by atoms with Crippen LogP contribution in [0.15, 0.2) is 77.3 Å². The van der Waals surface area contributed by atoms with Crippen LogP contribution >= 0.6 is 0 Å². The van der Waals surface area contributed by atoms with Gasteiger partial charge in [0.15, 0.2) is 0 Å². The Bertz CT molecular complexity index is 1340. The van der Waals surface area contributed by atoms with Gasteiger partial charge < -0.3 is 19.9 Å². The molecule has 0 bridgehead atoms. The maximum atomic E-state index is 13.2. The Kier molecular flexibility index (Phi) is 15.7. The number of hydrogen-bond acceptors (Lipinski definition) is 8. The first kappa shape index (κ1) is 36.2. The van der Waals surface area contributed by atoms with Gasteiger partial charge in [-0.15, -0.1) is 0 Å². The van der Waals surface area contributed by atoms with Crippen LogP contribution in [0.25, 0.3) is 0 Å². The maximum Gasteiger partial charge on any atom is 0.355 e. The smallest absolute Gasteiger partial charge is 0.355 e. The molecule has 0 saturated heterocycles. The number of unbranched alkanes of at least 4 members (excludes halogenated alkanes) is 13. The van der Waals surface area contributed by atoms with Crippen molar-refractivity contribution in [1.82, 2.24) is 0 Å². The molecule has 2 aromatic carbocycles. The SMILES string of the molecule is CCCCCCCCCCCCCCCCOc1ccc(N2C(N)=C(C#N)C(c3ccccc3)C(C(=O)OC)=C2C(=O)OC)cc1. The first-order valence-electron chi connectivity index (χ1n) is 16.9. The summed E-state index contributed by atoms with van der Waals surface area (Å²) in [6.45, 7) is 2.88. The highest BCUT2D eigenvalue weighted by molar-refractivity contribution is 6.06. The van der Waals surface area contributed by atoms with Gasteiger partial charge in [-0.25, -0.2) is 9.59 Å². The average Bonchev–Trinajstić information content (AvgIpc) is 3.09. The van der Waals surface area contributed by atoms with Gasteiger partial charge in [-0.05, 0) is 36.2 Å². The fraction of sp³-hybridized carbons (Fsp3) is 0.500. The van der Waals surface area contributed by atoms with Gasteiger partial charge in [-0.1, -0.05) is 121 Å². The van der Waals surface area contributed by atoms with Crippen molar-refractivity contribution >= 4 is 17.6 Å². The summed E-state index contributed by atoms with van der Waals surface area (Å²) in [7, 11) is 2.46. The van der Waals surface area contributed by atoms with E-state index < -0.39 is 17.9 Å². The van der Waals surface area contributed by atoms with E-state index in [9.17, 15) is 14.9 Å². The first-order chi connectivity index (χ1) is 22.5. The van der Waals surface area contributed by atoms with E-state index in [-0.39, 0.29) is 22.7 Å². The Balaban J connectivity index is 1.58. The highest BCUT2D eigenvalue weighted by Crippen LogP contribution is 2.43. The molecule has 0 aliphatic carbocycles. The second-order valence-corrected chi connectivity index (χ2v) is 11.8. The molecule has 248 valence electrons. The van der Waals surface area contributed by atoms with Crippen molar-refractivity contribution in [3.63, 3.8) is 0 Å². The zero-order valence-corrected chi connectivity index (χ0v) is 27.9. The molecule has 46 heavy (non-hydrogen) atoms. The van der Waals surface area contributed by atoms with Crippen molar-refractivity contribution in [2.45, 2.75) is 103 Å². The minimum atomic E-state index is -0.906. The number of anilines is 1. The highest BCUT2D eigenvalue weighted by Gasteiger charge is 2.42. The highest BCUT2D eigenvalue weighted by atomic mass is 16.5. The molecular weight excluding hydrogens is 578 g/mol. The van der Waals surface area contributed by atoms with E-state index in [1.165, 1.54) is 96.2 Å². The fourth-order valence-corrected chi connectivity index (χ4v) is 5.96. The molecule has 0 aromatic heterocycles. The van der Waals surface area contributed by atoms with Crippen molar-refractivity contribution in [2.24, 2.45) is 5.73 Å². The summed E-state index contributed by atoms with van der Waals surface area (Å²) < 4.78 is 16.2. The summed E-state index contributed by atoms with van der Waals surface area (Å²) in [6.07, 6.45) is 18.2. The molecule has 0 spiro atoms. The maximum absolute atomic E-state index is 13.2. The van der Waals surface area contributed by atoms with Crippen molar-refractivity contribution in [3.8, 4) is 11.8 Å². The number of carbonyl (C=O) groups excluding carboxylic acids is 2. The van der Waals surface area contributed by atoms with Gasteiger partial charge in [0.2, 0.25) is 0 Å². The van der Waals surface area contributed by atoms with Gasteiger partial charge in [-0.2, -0.15) is 5.26 Å². The van der Waals surface area contributed by atoms with Crippen LogP contribution in [0.5, 0.6) is 5.75 Å². The molecule has 2 N–H and O–H groups in total. The summed E-state index contributed by atoms with van der Waals surface area (Å²) in [5, 5.41) is 10.2. The molecule has 1 aliphatic rings. The number of allylic oxidation sites excluding steroid dienone is 1. The predicted molar refractivity (Wildman–Crippen MR) is 182 cm³/mol. The van der Waals surface area contributed by atoms with E-state index >= 15 is 0 Å². The van der Waals surface area contributed by atoms with Crippen molar-refractivity contribution < 1.29 is 23.8 Å². The average molecular weight is 630 g/mol. The number of benzene rings is 2. The van der Waals surface area contributed by atoms with Gasteiger partial charge in [-0.3, -0.25) is 4.90 Å². The van der Waals surface area contributed by atoms with E-state index in [1.807, 2.05) is 6.07 Å². The number of methoxy groups -OCH3 is 2. The van der Waals surface area contributed by atoms with Crippen molar-refractivity contribution in [2.75, 3.05) is 25.7 Å². The summed E-state index contributed by atoms with van der Waals surface area (Å²) in [4.78, 5) is 27.8. The van der Waals surface area contributed by atoms with Crippen LogP contribution in [-0.2, 0) is 19.1 Å². The molecule has 0 saturated carbocycles. The Morgan fingerprint density at radius 1 is 0.761 bits per heavy atom. The summed E-state index contributed by atoms with van der Waals surface area (Å²) in [5.41, 5.74) is 7.67. The Morgan fingerprint density at radius 2 is 1.28 bits per heavy atom. The van der Waals surface area contributed by atoms with E-state index in [1.54, 1.807) is 48.5 Å². The molecule has 1 heterocycles. The third kappa shape index (κ3) is 10.1.